The second kappa shape index (κ2) is 22.3. The van der Waals surface area contributed by atoms with Crippen LogP contribution in [0.5, 0.6) is 0 Å². The Kier molecular flexibility index (Phi) is 18.7. The molecule has 1 aromatic carbocycles. The van der Waals surface area contributed by atoms with Crippen LogP contribution in [0.25, 0.3) is 0 Å². The Morgan fingerprint density at radius 2 is 1.36 bits per heavy atom. The molecular formula is C33H48N8O4. The topological polar surface area (TPSA) is 138 Å². The number of urea groups is 4. The zero-order valence-corrected chi connectivity index (χ0v) is 26.7. The summed E-state index contributed by atoms with van der Waals surface area (Å²) in [5.41, 5.74) is 2.34. The summed E-state index contributed by atoms with van der Waals surface area (Å²) >= 11 is 0. The van der Waals surface area contributed by atoms with Crippen molar-refractivity contribution in [3.05, 3.63) is 110 Å². The third kappa shape index (κ3) is 16.8. The largest absolute Gasteiger partial charge is 0.338 e. The highest BCUT2D eigenvalue weighted by Crippen LogP contribution is 2.06. The number of nitrogens with zero attached hydrogens (tertiary/aromatic N) is 3. The van der Waals surface area contributed by atoms with Crippen LogP contribution in [0.15, 0.2) is 98.4 Å². The van der Waals surface area contributed by atoms with Gasteiger partial charge in [-0.3, -0.25) is 0 Å². The van der Waals surface area contributed by atoms with Crippen LogP contribution in [0.4, 0.5) is 19.2 Å². The standard InChI is InChI=1S/C33H48N8O4/c1-7-10-11-12-19-35-31(43)39(4)21-14-20-34-30(42)36-25-27-17-13-18-28(24-27)26-37-32(44)40(5)22-15-23-41(6)33(45)38-29(9-3)16-8-2/h7-13,16-19,24H,1-3,14-15,20-23,25-26H2,4-6H3,(H,35,43)(H,37,44)(H,38,45)(H2,34,36,42)/b11-10-,19-12+,29-16+. The SMILES string of the molecule is C=C/C=C\C=C\NC(=O)N(C)CCCNC(=O)NCc1cccc(CNC(=O)N(C)CCCN(C)C(=O)N/C(C=C)=C/C=C)c1. The maximum atomic E-state index is 12.6. The van der Waals surface area contributed by atoms with Crippen LogP contribution in [0, 0.1) is 0 Å². The number of rotatable bonds is 18. The minimum Gasteiger partial charge on any atom is -0.338 e. The van der Waals surface area contributed by atoms with E-state index in [-0.39, 0.29) is 24.1 Å². The first-order valence-corrected chi connectivity index (χ1v) is 14.6. The van der Waals surface area contributed by atoms with Gasteiger partial charge in [-0.05, 0) is 42.2 Å². The highest BCUT2D eigenvalue weighted by atomic mass is 16.2. The first-order valence-electron chi connectivity index (χ1n) is 14.6. The molecule has 0 heterocycles. The molecule has 1 rings (SSSR count). The van der Waals surface area contributed by atoms with Crippen molar-refractivity contribution in [2.24, 2.45) is 0 Å². The van der Waals surface area contributed by atoms with Crippen LogP contribution < -0.4 is 26.6 Å². The Labute approximate surface area is 267 Å². The van der Waals surface area contributed by atoms with Gasteiger partial charge in [0.05, 0.1) is 0 Å². The minimum absolute atomic E-state index is 0.229. The number of carbonyl (C=O) groups excluding carboxylic acids is 4. The summed E-state index contributed by atoms with van der Waals surface area (Å²) in [7, 11) is 5.07. The average molecular weight is 621 g/mol. The number of hydrogen-bond donors (Lipinski definition) is 5. The second-order valence-corrected chi connectivity index (χ2v) is 9.98. The third-order valence-corrected chi connectivity index (χ3v) is 6.30. The molecule has 0 aliphatic heterocycles. The summed E-state index contributed by atoms with van der Waals surface area (Å²) in [5.74, 6) is 0. The molecule has 8 amide bonds. The highest BCUT2D eigenvalue weighted by Gasteiger charge is 2.12. The Balaban J connectivity index is 2.33. The van der Waals surface area contributed by atoms with Gasteiger partial charge in [0.2, 0.25) is 0 Å². The molecule has 0 saturated carbocycles. The minimum atomic E-state index is -0.308. The van der Waals surface area contributed by atoms with Crippen molar-refractivity contribution >= 4 is 24.1 Å². The van der Waals surface area contributed by atoms with Gasteiger partial charge < -0.3 is 41.3 Å². The van der Waals surface area contributed by atoms with Gasteiger partial charge in [-0.2, -0.15) is 0 Å². The molecule has 0 bridgehead atoms. The summed E-state index contributed by atoms with van der Waals surface area (Å²) in [6, 6.07) is 6.53. The molecule has 0 aromatic heterocycles. The third-order valence-electron chi connectivity index (χ3n) is 6.30. The second-order valence-electron chi connectivity index (χ2n) is 9.98. The Morgan fingerprint density at radius 3 is 2.00 bits per heavy atom. The van der Waals surface area contributed by atoms with E-state index in [1.165, 1.54) is 15.9 Å². The van der Waals surface area contributed by atoms with Crippen LogP contribution in [-0.2, 0) is 13.1 Å². The number of carbonyl (C=O) groups is 4. The van der Waals surface area contributed by atoms with Crippen molar-refractivity contribution in [2.75, 3.05) is 47.3 Å². The molecule has 12 heteroatoms. The Morgan fingerprint density at radius 1 is 0.733 bits per heavy atom. The molecule has 0 atom stereocenters. The number of nitrogens with one attached hydrogen (secondary N) is 5. The van der Waals surface area contributed by atoms with Crippen molar-refractivity contribution in [1.82, 2.24) is 41.3 Å². The summed E-state index contributed by atoms with van der Waals surface area (Å²) in [6.45, 7) is 13.3. The van der Waals surface area contributed by atoms with Gasteiger partial charge in [0, 0.05) is 72.3 Å². The van der Waals surface area contributed by atoms with Crippen molar-refractivity contribution < 1.29 is 19.2 Å². The van der Waals surface area contributed by atoms with E-state index in [0.717, 1.165) is 11.1 Å². The fourth-order valence-corrected chi connectivity index (χ4v) is 3.71. The molecule has 0 radical (unpaired) electrons. The quantitative estimate of drug-likeness (QED) is 0.124. The van der Waals surface area contributed by atoms with Crippen LogP contribution >= 0.6 is 0 Å². The molecule has 0 aliphatic carbocycles. The van der Waals surface area contributed by atoms with Gasteiger partial charge in [0.15, 0.2) is 0 Å². The summed E-state index contributed by atoms with van der Waals surface area (Å²) in [4.78, 5) is 53.7. The van der Waals surface area contributed by atoms with Crippen LogP contribution in [0.3, 0.4) is 0 Å². The van der Waals surface area contributed by atoms with E-state index in [9.17, 15) is 19.2 Å². The molecule has 0 spiro atoms. The van der Waals surface area contributed by atoms with Crippen molar-refractivity contribution in [3.63, 3.8) is 0 Å². The van der Waals surface area contributed by atoms with Gasteiger partial charge in [-0.15, -0.1) is 0 Å². The molecule has 12 nitrogen and oxygen atoms in total. The fourth-order valence-electron chi connectivity index (χ4n) is 3.71. The fraction of sp³-hybridized carbons (Fsp3) is 0.333. The zero-order valence-electron chi connectivity index (χ0n) is 26.7. The first-order chi connectivity index (χ1) is 21.6. The van der Waals surface area contributed by atoms with E-state index >= 15 is 0 Å². The van der Waals surface area contributed by atoms with Gasteiger partial charge >= 0.3 is 24.1 Å². The Bertz CT molecular complexity index is 1240. The van der Waals surface area contributed by atoms with E-state index in [4.69, 9.17) is 0 Å². The van der Waals surface area contributed by atoms with Crippen molar-refractivity contribution in [1.29, 1.82) is 0 Å². The van der Waals surface area contributed by atoms with Crippen LogP contribution in [0.1, 0.15) is 24.0 Å². The predicted octanol–water partition coefficient (Wildman–Crippen LogP) is 4.20. The van der Waals surface area contributed by atoms with Gasteiger partial charge in [-0.1, -0.05) is 68.3 Å². The maximum Gasteiger partial charge on any atom is 0.321 e. The monoisotopic (exact) mass is 620 g/mol. The highest BCUT2D eigenvalue weighted by molar-refractivity contribution is 5.77. The zero-order chi connectivity index (χ0) is 33.5. The van der Waals surface area contributed by atoms with Gasteiger partial charge in [0.1, 0.15) is 0 Å². The molecule has 244 valence electrons. The lowest BCUT2D eigenvalue weighted by Crippen LogP contribution is -2.40. The maximum absolute atomic E-state index is 12.6. The van der Waals surface area contributed by atoms with Crippen LogP contribution in [-0.4, -0.2) is 86.1 Å². The Hall–Kier alpha value is -5.26. The number of allylic oxidation sites excluding steroid dienone is 7. The number of benzene rings is 1. The lowest BCUT2D eigenvalue weighted by Gasteiger charge is -2.21. The lowest BCUT2D eigenvalue weighted by molar-refractivity contribution is 0.200. The molecule has 0 saturated heterocycles. The summed E-state index contributed by atoms with van der Waals surface area (Å²) in [6.07, 6.45) is 14.3. The molecule has 0 fully saturated rings. The van der Waals surface area contributed by atoms with E-state index in [1.807, 2.05) is 24.3 Å². The van der Waals surface area contributed by atoms with Gasteiger partial charge in [-0.25, -0.2) is 19.2 Å². The molecule has 5 N–H and O–H groups in total. The normalized spacial score (nSPS) is 11.0. The molecule has 45 heavy (non-hydrogen) atoms. The summed E-state index contributed by atoms with van der Waals surface area (Å²) < 4.78 is 0. The number of amides is 8. The van der Waals surface area contributed by atoms with E-state index in [0.29, 0.717) is 57.8 Å². The van der Waals surface area contributed by atoms with Crippen molar-refractivity contribution in [2.45, 2.75) is 25.9 Å². The van der Waals surface area contributed by atoms with Gasteiger partial charge in [0.25, 0.3) is 0 Å². The lowest BCUT2D eigenvalue weighted by atomic mass is 10.1. The smallest absolute Gasteiger partial charge is 0.321 e. The predicted molar refractivity (Wildman–Crippen MR) is 180 cm³/mol. The molecule has 0 aliphatic rings. The molecule has 1 aromatic rings. The molecule has 0 unspecified atom stereocenters. The van der Waals surface area contributed by atoms with E-state index < -0.39 is 0 Å². The van der Waals surface area contributed by atoms with E-state index in [2.05, 4.69) is 46.3 Å². The van der Waals surface area contributed by atoms with E-state index in [1.54, 1.807) is 68.7 Å². The number of hydrogen-bond acceptors (Lipinski definition) is 4. The summed E-state index contributed by atoms with van der Waals surface area (Å²) in [5, 5.41) is 13.9. The average Bonchev–Trinajstić information content (AvgIpc) is 3.03. The first kappa shape index (κ1) is 37.8. The van der Waals surface area contributed by atoms with Crippen LogP contribution in [0.2, 0.25) is 0 Å². The van der Waals surface area contributed by atoms with Crippen molar-refractivity contribution in [3.8, 4) is 0 Å². The molecular weight excluding hydrogens is 572 g/mol.